The summed E-state index contributed by atoms with van der Waals surface area (Å²) in [5, 5.41) is 8.88. The van der Waals surface area contributed by atoms with Crippen molar-refractivity contribution in [3.63, 3.8) is 0 Å². The zero-order valence-corrected chi connectivity index (χ0v) is 24.2. The molecule has 0 aromatic heterocycles. The first-order valence-electron chi connectivity index (χ1n) is 12.6. The fraction of sp³-hybridized carbons (Fsp3) is 0.538. The Bertz CT molecular complexity index is 1390. The van der Waals surface area contributed by atoms with Gasteiger partial charge in [0, 0.05) is 54.2 Å². The number of rotatable bonds is 14. The van der Waals surface area contributed by atoms with Crippen LogP contribution in [-0.2, 0) is 38.2 Å². The number of carboxylic acids is 1. The Morgan fingerprint density at radius 1 is 1.05 bits per heavy atom. The molecule has 1 aliphatic heterocycles. The predicted molar refractivity (Wildman–Crippen MR) is 145 cm³/mol. The number of hydrogen-bond acceptors (Lipinski definition) is 10. The summed E-state index contributed by atoms with van der Waals surface area (Å²) < 4.78 is 64.2. The van der Waals surface area contributed by atoms with Gasteiger partial charge in [-0.3, -0.25) is 18.0 Å². The van der Waals surface area contributed by atoms with Crippen LogP contribution in [0.5, 0.6) is 5.75 Å². The fourth-order valence-corrected chi connectivity index (χ4v) is 6.21. The number of unbranched alkanes of at least 4 members (excludes halogenated alkanes) is 2. The van der Waals surface area contributed by atoms with Crippen molar-refractivity contribution in [1.29, 1.82) is 0 Å². The van der Waals surface area contributed by atoms with Crippen LogP contribution in [0.2, 0.25) is 0 Å². The maximum Gasteiger partial charge on any atom is 0.304 e. The summed E-state index contributed by atoms with van der Waals surface area (Å²) in [6.45, 7) is 4.59. The van der Waals surface area contributed by atoms with Gasteiger partial charge in [0.1, 0.15) is 5.75 Å². The van der Waals surface area contributed by atoms with Crippen molar-refractivity contribution in [1.82, 2.24) is 0 Å². The van der Waals surface area contributed by atoms with Crippen molar-refractivity contribution in [2.45, 2.75) is 52.4 Å². The lowest BCUT2D eigenvalue weighted by molar-refractivity contribution is -0.137. The van der Waals surface area contributed by atoms with Gasteiger partial charge in [-0.05, 0) is 37.5 Å². The number of carbonyl (C=O) groups is 2. The van der Waals surface area contributed by atoms with Crippen LogP contribution >= 0.6 is 0 Å². The average molecular weight is 586 g/mol. The second-order valence-corrected chi connectivity index (χ2v) is 13.6. The van der Waals surface area contributed by atoms with Gasteiger partial charge in [0.2, 0.25) is 0 Å². The quantitative estimate of drug-likeness (QED) is 0.252. The smallest absolute Gasteiger partial charge is 0.304 e. The Kier molecular flexibility index (Phi) is 9.63. The standard InChI is InChI=1S/C26H35NO10S2/c1-26(2)17-21(28)25(39(33,34)36-4)24-20(26)15-18-10-11-19(16-22(18)37-24)27(12-7-5-6-9-23(29)30)13-8-14-38(31,32)35-3/h10-11,15-16H,5-9,12-14,17H2,1-4H3,(H,29,30). The van der Waals surface area contributed by atoms with Crippen LogP contribution in [0, 0.1) is 5.41 Å². The lowest BCUT2D eigenvalue weighted by Gasteiger charge is -2.37. The number of carboxylic acid groups (broad SMARTS) is 1. The number of fused-ring (bicyclic) bond motifs is 2. The highest BCUT2D eigenvalue weighted by atomic mass is 32.2. The molecule has 2 aliphatic rings. The molecule has 1 N–H and O–H groups in total. The molecule has 1 heterocycles. The third-order valence-electron chi connectivity index (χ3n) is 6.77. The normalized spacial score (nSPS) is 16.7. The zero-order chi connectivity index (χ0) is 29.0. The number of aliphatic carboxylic acids is 1. The van der Waals surface area contributed by atoms with Gasteiger partial charge >= 0.3 is 16.1 Å². The number of anilines is 1. The van der Waals surface area contributed by atoms with E-state index in [9.17, 15) is 26.4 Å². The highest BCUT2D eigenvalue weighted by Gasteiger charge is 2.45. The highest BCUT2D eigenvalue weighted by molar-refractivity contribution is 7.91. The van der Waals surface area contributed by atoms with E-state index in [1.807, 2.05) is 37.0 Å². The molecule has 0 radical (unpaired) electrons. The average Bonchev–Trinajstić information content (AvgIpc) is 2.85. The molecule has 13 heteroatoms. The molecule has 0 fully saturated rings. The molecule has 3 rings (SSSR count). The summed E-state index contributed by atoms with van der Waals surface area (Å²) in [7, 11) is -5.86. The molecule has 0 unspecified atom stereocenters. The van der Waals surface area contributed by atoms with Crippen molar-refractivity contribution < 1.29 is 44.6 Å². The van der Waals surface area contributed by atoms with Crippen molar-refractivity contribution >= 4 is 43.8 Å². The largest absolute Gasteiger partial charge is 0.481 e. The number of ketones is 1. The first-order valence-corrected chi connectivity index (χ1v) is 15.6. The zero-order valence-electron chi connectivity index (χ0n) is 22.6. The summed E-state index contributed by atoms with van der Waals surface area (Å²) in [6.07, 6.45) is 4.04. The molecule has 1 aromatic carbocycles. The van der Waals surface area contributed by atoms with E-state index in [2.05, 4.69) is 8.37 Å². The minimum atomic E-state index is -4.33. The Balaban J connectivity index is 1.95. The van der Waals surface area contributed by atoms with E-state index in [1.54, 1.807) is 6.07 Å². The number of allylic oxidation sites excluding steroid dienone is 2. The maximum atomic E-state index is 12.9. The number of benzene rings is 1. The molecule has 216 valence electrons. The first kappa shape index (κ1) is 30.8. The minimum absolute atomic E-state index is 0.0168. The summed E-state index contributed by atoms with van der Waals surface area (Å²) in [5.41, 5.74) is 1.33. The minimum Gasteiger partial charge on any atom is -0.481 e. The van der Waals surface area contributed by atoms with E-state index >= 15 is 0 Å². The Labute approximate surface area is 229 Å². The summed E-state index contributed by atoms with van der Waals surface area (Å²) in [6, 6.07) is 5.42. The number of hydrogen-bond donors (Lipinski definition) is 1. The second kappa shape index (κ2) is 12.2. The molecular weight excluding hydrogens is 550 g/mol. The van der Waals surface area contributed by atoms with Gasteiger partial charge in [-0.2, -0.15) is 16.8 Å². The predicted octanol–water partition coefficient (Wildman–Crippen LogP) is 3.47. The van der Waals surface area contributed by atoms with E-state index in [-0.39, 0.29) is 30.8 Å². The molecule has 1 aliphatic carbocycles. The van der Waals surface area contributed by atoms with Gasteiger partial charge in [-0.25, -0.2) is 0 Å². The summed E-state index contributed by atoms with van der Waals surface area (Å²) in [5.74, 6) is -1.31. The van der Waals surface area contributed by atoms with Crippen LogP contribution in [0.25, 0.3) is 6.08 Å². The van der Waals surface area contributed by atoms with E-state index in [0.29, 0.717) is 54.9 Å². The number of nitrogens with zero attached hydrogens (tertiary/aromatic N) is 1. The van der Waals surface area contributed by atoms with Crippen LogP contribution in [0.15, 0.2) is 34.4 Å². The molecule has 0 saturated carbocycles. The van der Waals surface area contributed by atoms with E-state index in [4.69, 9.17) is 9.84 Å². The van der Waals surface area contributed by atoms with Gasteiger partial charge in [-0.1, -0.05) is 20.3 Å². The van der Waals surface area contributed by atoms with E-state index < -0.39 is 42.3 Å². The molecule has 0 spiro atoms. The van der Waals surface area contributed by atoms with Gasteiger partial charge in [-0.15, -0.1) is 0 Å². The molecule has 0 atom stereocenters. The molecule has 11 nitrogen and oxygen atoms in total. The van der Waals surface area contributed by atoms with Crippen LogP contribution in [0.3, 0.4) is 0 Å². The van der Waals surface area contributed by atoms with E-state index in [1.165, 1.54) is 0 Å². The second-order valence-electron chi connectivity index (χ2n) is 10.1. The van der Waals surface area contributed by atoms with Gasteiger partial charge < -0.3 is 14.7 Å². The van der Waals surface area contributed by atoms with Crippen molar-refractivity contribution in [2.75, 3.05) is 38.0 Å². The lowest BCUT2D eigenvalue weighted by Crippen LogP contribution is -2.34. The van der Waals surface area contributed by atoms with Crippen LogP contribution in [0.4, 0.5) is 5.69 Å². The molecule has 0 bridgehead atoms. The third kappa shape index (κ3) is 7.47. The molecule has 39 heavy (non-hydrogen) atoms. The third-order valence-corrected chi connectivity index (χ3v) is 9.42. The maximum absolute atomic E-state index is 12.9. The lowest BCUT2D eigenvalue weighted by atomic mass is 9.73. The van der Waals surface area contributed by atoms with Crippen LogP contribution < -0.4 is 9.64 Å². The number of carbonyl (C=O) groups excluding carboxylic acids is 1. The van der Waals surface area contributed by atoms with Crippen molar-refractivity contribution in [3.8, 4) is 5.75 Å². The van der Waals surface area contributed by atoms with Gasteiger partial charge in [0.25, 0.3) is 10.1 Å². The molecule has 0 amide bonds. The number of ether oxygens (including phenoxy) is 1. The van der Waals surface area contributed by atoms with Crippen LogP contribution in [-0.4, -0.2) is 66.8 Å². The molecule has 0 saturated heterocycles. The molecular formula is C26H35NO10S2. The summed E-state index contributed by atoms with van der Waals surface area (Å²) >= 11 is 0. The monoisotopic (exact) mass is 585 g/mol. The van der Waals surface area contributed by atoms with Gasteiger partial charge in [0.05, 0.1) is 20.0 Å². The highest BCUT2D eigenvalue weighted by Crippen LogP contribution is 2.48. The van der Waals surface area contributed by atoms with Crippen molar-refractivity contribution in [2.24, 2.45) is 5.41 Å². The number of Topliss-reactive ketones (excluding diaryl/α,β-unsaturated/α-hetero) is 1. The topological polar surface area (TPSA) is 154 Å². The molecule has 1 aromatic rings. The fourth-order valence-electron chi connectivity index (χ4n) is 4.67. The van der Waals surface area contributed by atoms with Crippen LogP contribution in [0.1, 0.15) is 57.9 Å². The Morgan fingerprint density at radius 3 is 2.38 bits per heavy atom. The Hall–Kier alpha value is -2.74. The van der Waals surface area contributed by atoms with Gasteiger partial charge in [0.15, 0.2) is 16.4 Å². The summed E-state index contributed by atoms with van der Waals surface area (Å²) in [4.78, 5) is 25.1. The SMILES string of the molecule is COS(=O)(=O)CCCN(CCCCCC(=O)O)c1ccc2c(c1)OC1=C(S(=O)(=O)OC)C(=O)CC(C)(C)C1=C2. The van der Waals surface area contributed by atoms with Crippen molar-refractivity contribution in [3.05, 3.63) is 40.0 Å². The Morgan fingerprint density at radius 2 is 1.74 bits per heavy atom. The van der Waals surface area contributed by atoms with E-state index in [0.717, 1.165) is 14.2 Å². The first-order chi connectivity index (χ1) is 18.2.